The van der Waals surface area contributed by atoms with E-state index in [0.29, 0.717) is 11.6 Å². The normalized spacial score (nSPS) is 27.0. The third kappa shape index (κ3) is 3.49. The van der Waals surface area contributed by atoms with Crippen molar-refractivity contribution in [3.63, 3.8) is 0 Å². The third-order valence-electron chi connectivity index (χ3n) is 4.05. The second-order valence-corrected chi connectivity index (χ2v) is 6.15. The van der Waals surface area contributed by atoms with E-state index in [1.54, 1.807) is 6.07 Å². The summed E-state index contributed by atoms with van der Waals surface area (Å²) >= 11 is 0. The van der Waals surface area contributed by atoms with Crippen LogP contribution in [0.3, 0.4) is 0 Å². The molecule has 0 spiro atoms. The number of primary amides is 1. The van der Waals surface area contributed by atoms with E-state index in [1.165, 1.54) is 19.3 Å². The summed E-state index contributed by atoms with van der Waals surface area (Å²) in [5.74, 6) is 1.20. The van der Waals surface area contributed by atoms with Crippen molar-refractivity contribution in [2.24, 2.45) is 17.6 Å². The summed E-state index contributed by atoms with van der Waals surface area (Å²) in [4.78, 5) is 11.1. The molecule has 1 aliphatic carbocycles. The van der Waals surface area contributed by atoms with E-state index in [9.17, 15) is 4.79 Å². The summed E-state index contributed by atoms with van der Waals surface area (Å²) in [5.41, 5.74) is 8.08. The first-order chi connectivity index (χ1) is 8.95. The monoisotopic (exact) mass is 260 g/mol. The summed E-state index contributed by atoms with van der Waals surface area (Å²) in [5, 5.41) is 3.62. The van der Waals surface area contributed by atoms with Crippen LogP contribution in [-0.4, -0.2) is 11.9 Å². The maximum atomic E-state index is 11.1. The predicted molar refractivity (Wildman–Crippen MR) is 79.3 cm³/mol. The van der Waals surface area contributed by atoms with Crippen molar-refractivity contribution in [3.8, 4) is 0 Å². The molecule has 1 saturated carbocycles. The molecule has 3 N–H and O–H groups in total. The summed E-state index contributed by atoms with van der Waals surface area (Å²) < 4.78 is 0. The molecular formula is C16H24N2O. The van der Waals surface area contributed by atoms with E-state index in [0.717, 1.165) is 23.1 Å². The van der Waals surface area contributed by atoms with Crippen LogP contribution < -0.4 is 11.1 Å². The van der Waals surface area contributed by atoms with E-state index in [1.807, 2.05) is 19.1 Å². The van der Waals surface area contributed by atoms with Gasteiger partial charge in [-0.2, -0.15) is 0 Å². The number of anilines is 1. The number of aryl methyl sites for hydroxylation is 1. The lowest BCUT2D eigenvalue weighted by Gasteiger charge is -2.33. The zero-order chi connectivity index (χ0) is 14.0. The summed E-state index contributed by atoms with van der Waals surface area (Å²) in [6, 6.07) is 6.17. The van der Waals surface area contributed by atoms with Crippen LogP contribution in [-0.2, 0) is 0 Å². The number of hydrogen-bond acceptors (Lipinski definition) is 2. The Bertz CT molecular complexity index is 460. The first-order valence-electron chi connectivity index (χ1n) is 7.12. The molecule has 2 rings (SSSR count). The molecule has 19 heavy (non-hydrogen) atoms. The molecule has 1 amide bonds. The molecule has 3 nitrogen and oxygen atoms in total. The average Bonchev–Trinajstić information content (AvgIpc) is 2.30. The maximum absolute atomic E-state index is 11.1. The van der Waals surface area contributed by atoms with E-state index in [2.05, 4.69) is 19.2 Å². The van der Waals surface area contributed by atoms with E-state index >= 15 is 0 Å². The molecule has 1 aromatic rings. The van der Waals surface area contributed by atoms with Gasteiger partial charge in [-0.1, -0.05) is 13.8 Å². The Morgan fingerprint density at radius 1 is 1.21 bits per heavy atom. The lowest BCUT2D eigenvalue weighted by molar-refractivity contribution is 0.1000. The van der Waals surface area contributed by atoms with Gasteiger partial charge in [-0.3, -0.25) is 4.79 Å². The van der Waals surface area contributed by atoms with Gasteiger partial charge in [0, 0.05) is 17.3 Å². The second kappa shape index (κ2) is 5.64. The first-order valence-corrected chi connectivity index (χ1v) is 7.12. The van der Waals surface area contributed by atoms with Crippen LogP contribution in [0, 0.1) is 18.8 Å². The highest BCUT2D eigenvalue weighted by atomic mass is 16.1. The molecule has 2 unspecified atom stereocenters. The molecule has 1 aromatic carbocycles. The molecule has 0 saturated heterocycles. The molecule has 1 aliphatic rings. The van der Waals surface area contributed by atoms with Crippen LogP contribution in [0.2, 0.25) is 0 Å². The third-order valence-corrected chi connectivity index (χ3v) is 4.05. The van der Waals surface area contributed by atoms with Crippen LogP contribution >= 0.6 is 0 Å². The van der Waals surface area contributed by atoms with Gasteiger partial charge in [-0.25, -0.2) is 0 Å². The van der Waals surface area contributed by atoms with Gasteiger partial charge in [0.1, 0.15) is 0 Å². The summed E-state index contributed by atoms with van der Waals surface area (Å²) in [6.07, 6.45) is 3.78. The Hall–Kier alpha value is -1.51. The molecule has 0 heterocycles. The van der Waals surface area contributed by atoms with Gasteiger partial charge in [-0.05, 0) is 61.8 Å². The lowest BCUT2D eigenvalue weighted by atomic mass is 9.80. The minimum Gasteiger partial charge on any atom is -0.382 e. The van der Waals surface area contributed by atoms with Crippen LogP contribution in [0.25, 0.3) is 0 Å². The number of nitrogens with two attached hydrogens (primary N) is 1. The SMILES string of the molecule is Cc1cc(C(N)=O)ccc1NC1CC(C)CC(C)C1. The van der Waals surface area contributed by atoms with Gasteiger partial charge in [0.15, 0.2) is 0 Å². The van der Waals surface area contributed by atoms with Crippen molar-refractivity contribution in [1.29, 1.82) is 0 Å². The number of carbonyl (C=O) groups is 1. The number of amides is 1. The van der Waals surface area contributed by atoms with Gasteiger partial charge in [0.2, 0.25) is 5.91 Å². The van der Waals surface area contributed by atoms with Crippen molar-refractivity contribution in [2.45, 2.75) is 46.1 Å². The largest absolute Gasteiger partial charge is 0.382 e. The van der Waals surface area contributed by atoms with Gasteiger partial charge in [-0.15, -0.1) is 0 Å². The number of nitrogens with one attached hydrogen (secondary N) is 1. The second-order valence-electron chi connectivity index (χ2n) is 6.15. The van der Waals surface area contributed by atoms with Gasteiger partial charge < -0.3 is 11.1 Å². The van der Waals surface area contributed by atoms with Crippen molar-refractivity contribution >= 4 is 11.6 Å². The highest BCUT2D eigenvalue weighted by Gasteiger charge is 2.24. The Kier molecular flexibility index (Phi) is 4.13. The molecule has 3 heteroatoms. The van der Waals surface area contributed by atoms with Gasteiger partial charge in [0.05, 0.1) is 0 Å². The van der Waals surface area contributed by atoms with Crippen molar-refractivity contribution in [2.75, 3.05) is 5.32 Å². The van der Waals surface area contributed by atoms with Crippen LogP contribution in [0.15, 0.2) is 18.2 Å². The maximum Gasteiger partial charge on any atom is 0.248 e. The smallest absolute Gasteiger partial charge is 0.248 e. The van der Waals surface area contributed by atoms with E-state index in [4.69, 9.17) is 5.73 Å². The van der Waals surface area contributed by atoms with Gasteiger partial charge in [0.25, 0.3) is 0 Å². The highest BCUT2D eigenvalue weighted by molar-refractivity contribution is 5.93. The fourth-order valence-corrected chi connectivity index (χ4v) is 3.26. The molecular weight excluding hydrogens is 236 g/mol. The van der Waals surface area contributed by atoms with Crippen molar-refractivity contribution < 1.29 is 4.79 Å². The quantitative estimate of drug-likeness (QED) is 0.875. The molecule has 0 aliphatic heterocycles. The Balaban J connectivity index is 2.08. The number of carbonyl (C=O) groups excluding carboxylic acids is 1. The Morgan fingerprint density at radius 2 is 1.84 bits per heavy atom. The summed E-state index contributed by atoms with van der Waals surface area (Å²) in [6.45, 7) is 6.67. The Morgan fingerprint density at radius 3 is 2.37 bits per heavy atom. The van der Waals surface area contributed by atoms with Crippen LogP contribution in [0.5, 0.6) is 0 Å². The Labute approximate surface area is 115 Å². The van der Waals surface area contributed by atoms with Crippen molar-refractivity contribution in [1.82, 2.24) is 0 Å². The molecule has 0 radical (unpaired) electrons. The zero-order valence-corrected chi connectivity index (χ0v) is 12.1. The molecule has 0 bridgehead atoms. The summed E-state index contributed by atoms with van der Waals surface area (Å²) in [7, 11) is 0. The minimum atomic E-state index is -0.366. The topological polar surface area (TPSA) is 55.1 Å². The van der Waals surface area contributed by atoms with Crippen LogP contribution in [0.4, 0.5) is 5.69 Å². The first kappa shape index (κ1) is 13.9. The molecule has 0 aromatic heterocycles. The fourth-order valence-electron chi connectivity index (χ4n) is 3.26. The minimum absolute atomic E-state index is 0.366. The molecule has 1 fully saturated rings. The highest BCUT2D eigenvalue weighted by Crippen LogP contribution is 2.31. The van der Waals surface area contributed by atoms with Crippen LogP contribution in [0.1, 0.15) is 49.0 Å². The van der Waals surface area contributed by atoms with Gasteiger partial charge >= 0.3 is 0 Å². The standard InChI is InChI=1S/C16H24N2O/c1-10-6-11(2)8-14(7-10)18-15-5-4-13(16(17)19)9-12(15)3/h4-5,9-11,14,18H,6-8H2,1-3H3,(H2,17,19). The average molecular weight is 260 g/mol. The van der Waals surface area contributed by atoms with E-state index < -0.39 is 0 Å². The van der Waals surface area contributed by atoms with E-state index in [-0.39, 0.29) is 5.91 Å². The van der Waals surface area contributed by atoms with Crippen molar-refractivity contribution in [3.05, 3.63) is 29.3 Å². The lowest BCUT2D eigenvalue weighted by Crippen LogP contribution is -2.30. The molecule has 104 valence electrons. The number of rotatable bonds is 3. The molecule has 2 atom stereocenters. The fraction of sp³-hybridized carbons (Fsp3) is 0.562. The predicted octanol–water partition coefficient (Wildman–Crippen LogP) is 3.33. The zero-order valence-electron chi connectivity index (χ0n) is 12.1. The number of hydrogen-bond donors (Lipinski definition) is 2. The number of benzene rings is 1.